The van der Waals surface area contributed by atoms with Gasteiger partial charge >= 0.3 is 0 Å². The van der Waals surface area contributed by atoms with Crippen LogP contribution in [0.25, 0.3) is 0 Å². The van der Waals surface area contributed by atoms with Crippen molar-refractivity contribution in [3.05, 3.63) is 29.8 Å². The summed E-state index contributed by atoms with van der Waals surface area (Å²) in [6, 6.07) is 7.68. The third-order valence-corrected chi connectivity index (χ3v) is 3.95. The summed E-state index contributed by atoms with van der Waals surface area (Å²) in [5.41, 5.74) is 1.86. The Bertz CT molecular complexity index is 518. The molecule has 0 bridgehead atoms. The molecule has 0 heterocycles. The second kappa shape index (κ2) is 7.43. The third-order valence-electron chi connectivity index (χ3n) is 3.95. The van der Waals surface area contributed by atoms with Crippen molar-refractivity contribution in [1.82, 2.24) is 5.32 Å². The molecule has 1 unspecified atom stereocenters. The molecule has 1 atom stereocenters. The van der Waals surface area contributed by atoms with Gasteiger partial charge in [0.25, 0.3) is 0 Å². The number of rotatable bonds is 7. The highest BCUT2D eigenvalue weighted by atomic mass is 16.2. The summed E-state index contributed by atoms with van der Waals surface area (Å²) in [5.74, 6) is 0.948. The fourth-order valence-corrected chi connectivity index (χ4v) is 2.26. The van der Waals surface area contributed by atoms with Crippen LogP contribution in [0, 0.1) is 11.8 Å². The van der Waals surface area contributed by atoms with E-state index >= 15 is 0 Å². The maximum Gasteiger partial charge on any atom is 0.227 e. The van der Waals surface area contributed by atoms with Gasteiger partial charge in [0.05, 0.1) is 6.04 Å². The zero-order valence-electron chi connectivity index (χ0n) is 13.7. The van der Waals surface area contributed by atoms with Gasteiger partial charge < -0.3 is 10.6 Å². The molecule has 1 fully saturated rings. The Morgan fingerprint density at radius 3 is 2.32 bits per heavy atom. The van der Waals surface area contributed by atoms with Gasteiger partial charge in [-0.05, 0) is 49.8 Å². The highest BCUT2D eigenvalue weighted by Gasteiger charge is 2.29. The summed E-state index contributed by atoms with van der Waals surface area (Å²) in [5, 5.41) is 5.93. The fourth-order valence-electron chi connectivity index (χ4n) is 2.26. The van der Waals surface area contributed by atoms with Crippen LogP contribution in [0.2, 0.25) is 0 Å². The van der Waals surface area contributed by atoms with Crippen LogP contribution in [0.4, 0.5) is 5.69 Å². The van der Waals surface area contributed by atoms with Crippen LogP contribution in [0.1, 0.15) is 58.1 Å². The van der Waals surface area contributed by atoms with Gasteiger partial charge in [0.2, 0.25) is 11.8 Å². The van der Waals surface area contributed by atoms with Crippen LogP contribution in [0.5, 0.6) is 0 Å². The molecular weight excluding hydrogens is 276 g/mol. The summed E-state index contributed by atoms with van der Waals surface area (Å²) >= 11 is 0. The summed E-state index contributed by atoms with van der Waals surface area (Å²) in [6.45, 7) is 6.21. The fraction of sp³-hybridized carbons (Fsp3) is 0.556. The molecular formula is C18H26N2O2. The molecule has 0 aromatic heterocycles. The van der Waals surface area contributed by atoms with Gasteiger partial charge in [-0.25, -0.2) is 0 Å². The van der Waals surface area contributed by atoms with Crippen molar-refractivity contribution in [3.63, 3.8) is 0 Å². The molecule has 0 radical (unpaired) electrons. The first-order valence-electron chi connectivity index (χ1n) is 8.16. The second-order valence-corrected chi connectivity index (χ2v) is 6.61. The number of hydrogen-bond donors (Lipinski definition) is 2. The van der Waals surface area contributed by atoms with E-state index in [-0.39, 0.29) is 23.8 Å². The summed E-state index contributed by atoms with van der Waals surface area (Å²) < 4.78 is 0. The largest absolute Gasteiger partial charge is 0.350 e. The van der Waals surface area contributed by atoms with Gasteiger partial charge in [0.1, 0.15) is 0 Å². The van der Waals surface area contributed by atoms with E-state index < -0.39 is 0 Å². The van der Waals surface area contributed by atoms with Crippen LogP contribution in [-0.4, -0.2) is 11.8 Å². The van der Waals surface area contributed by atoms with E-state index in [2.05, 4.69) is 24.5 Å². The third kappa shape index (κ3) is 5.17. The van der Waals surface area contributed by atoms with Crippen molar-refractivity contribution in [1.29, 1.82) is 0 Å². The Kier molecular flexibility index (Phi) is 5.58. The molecule has 2 rings (SSSR count). The Balaban J connectivity index is 1.83. The molecule has 2 amide bonds. The lowest BCUT2D eigenvalue weighted by Gasteiger charge is -2.15. The molecule has 4 heteroatoms. The lowest BCUT2D eigenvalue weighted by atomic mass is 10.1. The minimum Gasteiger partial charge on any atom is -0.350 e. The van der Waals surface area contributed by atoms with E-state index in [9.17, 15) is 9.59 Å². The summed E-state index contributed by atoms with van der Waals surface area (Å²) in [4.78, 5) is 23.6. The van der Waals surface area contributed by atoms with Crippen molar-refractivity contribution in [2.75, 3.05) is 5.32 Å². The molecule has 4 nitrogen and oxygen atoms in total. The highest BCUT2D eigenvalue weighted by molar-refractivity contribution is 5.94. The SMILES string of the molecule is CC(C)CCC(=O)NC(C)c1ccc(NC(=O)C2CC2)cc1. The average molecular weight is 302 g/mol. The van der Waals surface area contributed by atoms with Crippen molar-refractivity contribution >= 4 is 17.5 Å². The second-order valence-electron chi connectivity index (χ2n) is 6.61. The van der Waals surface area contributed by atoms with E-state index in [4.69, 9.17) is 0 Å². The number of nitrogens with one attached hydrogen (secondary N) is 2. The first-order valence-corrected chi connectivity index (χ1v) is 8.16. The van der Waals surface area contributed by atoms with Gasteiger partial charge in [-0.3, -0.25) is 9.59 Å². The number of carbonyl (C=O) groups is 2. The minimum absolute atomic E-state index is 0.0205. The maximum absolute atomic E-state index is 11.9. The van der Waals surface area contributed by atoms with E-state index in [0.29, 0.717) is 12.3 Å². The molecule has 120 valence electrons. The van der Waals surface area contributed by atoms with Gasteiger partial charge in [0, 0.05) is 18.0 Å². The number of benzene rings is 1. The Hall–Kier alpha value is -1.84. The van der Waals surface area contributed by atoms with Crippen LogP contribution < -0.4 is 10.6 Å². The lowest BCUT2D eigenvalue weighted by molar-refractivity contribution is -0.122. The maximum atomic E-state index is 11.9. The Labute approximate surface area is 132 Å². The molecule has 1 aromatic rings. The standard InChI is InChI=1S/C18H26N2O2/c1-12(2)4-11-17(21)19-13(3)14-7-9-16(10-8-14)20-18(22)15-5-6-15/h7-10,12-13,15H,4-6,11H2,1-3H3,(H,19,21)(H,20,22). The highest BCUT2D eigenvalue weighted by Crippen LogP contribution is 2.30. The molecule has 0 aliphatic heterocycles. The van der Waals surface area contributed by atoms with Crippen LogP contribution in [0.15, 0.2) is 24.3 Å². The van der Waals surface area contributed by atoms with Gasteiger partial charge in [0.15, 0.2) is 0 Å². The van der Waals surface area contributed by atoms with Crippen LogP contribution in [0.3, 0.4) is 0 Å². The molecule has 0 saturated heterocycles. The normalized spacial score (nSPS) is 15.5. The molecule has 1 aliphatic rings. The van der Waals surface area contributed by atoms with Crippen molar-refractivity contribution < 1.29 is 9.59 Å². The summed E-state index contributed by atoms with van der Waals surface area (Å²) in [7, 11) is 0. The first-order chi connectivity index (χ1) is 10.5. The van der Waals surface area contributed by atoms with Gasteiger partial charge in [-0.1, -0.05) is 26.0 Å². The molecule has 0 spiro atoms. The van der Waals surface area contributed by atoms with Crippen LogP contribution >= 0.6 is 0 Å². The van der Waals surface area contributed by atoms with Gasteiger partial charge in [-0.15, -0.1) is 0 Å². The number of hydrogen-bond acceptors (Lipinski definition) is 2. The minimum atomic E-state index is -0.0205. The Morgan fingerprint density at radius 1 is 1.14 bits per heavy atom. The smallest absolute Gasteiger partial charge is 0.227 e. The molecule has 1 aliphatic carbocycles. The predicted molar refractivity (Wildman–Crippen MR) is 88.4 cm³/mol. The van der Waals surface area contributed by atoms with E-state index in [1.807, 2.05) is 31.2 Å². The average Bonchev–Trinajstić information content (AvgIpc) is 3.30. The van der Waals surface area contributed by atoms with Crippen LogP contribution in [-0.2, 0) is 9.59 Å². The van der Waals surface area contributed by atoms with E-state index in [1.165, 1.54) is 0 Å². The lowest BCUT2D eigenvalue weighted by Crippen LogP contribution is -2.26. The zero-order chi connectivity index (χ0) is 16.1. The van der Waals surface area contributed by atoms with Crippen molar-refractivity contribution in [2.24, 2.45) is 11.8 Å². The van der Waals surface area contributed by atoms with Crippen molar-refractivity contribution in [2.45, 2.75) is 52.5 Å². The number of carbonyl (C=O) groups excluding carboxylic acids is 2. The molecule has 2 N–H and O–H groups in total. The topological polar surface area (TPSA) is 58.2 Å². The Morgan fingerprint density at radius 2 is 1.77 bits per heavy atom. The molecule has 1 saturated carbocycles. The zero-order valence-corrected chi connectivity index (χ0v) is 13.7. The van der Waals surface area contributed by atoms with E-state index in [0.717, 1.165) is 30.5 Å². The van der Waals surface area contributed by atoms with E-state index in [1.54, 1.807) is 0 Å². The monoisotopic (exact) mass is 302 g/mol. The van der Waals surface area contributed by atoms with Gasteiger partial charge in [-0.2, -0.15) is 0 Å². The predicted octanol–water partition coefficient (Wildman–Crippen LogP) is 3.65. The molecule has 22 heavy (non-hydrogen) atoms. The summed E-state index contributed by atoms with van der Waals surface area (Å²) in [6.07, 6.45) is 3.48. The first kappa shape index (κ1) is 16.5. The number of anilines is 1. The van der Waals surface area contributed by atoms with Crippen molar-refractivity contribution in [3.8, 4) is 0 Å². The quantitative estimate of drug-likeness (QED) is 0.807. The number of amides is 2. The molecule has 1 aromatic carbocycles.